The number of nitrogens with zero attached hydrogens (tertiary/aromatic N) is 2. The molecule has 2 aliphatic rings. The second-order valence-electron chi connectivity index (χ2n) is 8.86. The first-order valence-corrected chi connectivity index (χ1v) is 11.2. The topological polar surface area (TPSA) is 55.8 Å². The Bertz CT molecular complexity index is 824. The molecule has 2 aliphatic heterocycles. The zero-order valence-corrected chi connectivity index (χ0v) is 17.7. The molecule has 0 aromatic heterocycles. The van der Waals surface area contributed by atoms with E-state index in [1.807, 2.05) is 12.1 Å². The second-order valence-corrected chi connectivity index (χ2v) is 8.86. The number of hydrogen-bond donors (Lipinski definition) is 2. The highest BCUT2D eigenvalue weighted by Gasteiger charge is 2.34. The van der Waals surface area contributed by atoms with Crippen molar-refractivity contribution in [1.82, 2.24) is 10.2 Å². The van der Waals surface area contributed by atoms with Gasteiger partial charge in [-0.2, -0.15) is 0 Å². The van der Waals surface area contributed by atoms with E-state index in [9.17, 15) is 9.90 Å². The fourth-order valence-corrected chi connectivity index (χ4v) is 4.93. The van der Waals surface area contributed by atoms with Crippen LogP contribution in [-0.4, -0.2) is 48.8 Å². The molecule has 5 heteroatoms. The Kier molecular flexibility index (Phi) is 6.70. The number of amides is 2. The summed E-state index contributed by atoms with van der Waals surface area (Å²) in [5, 5.41) is 13.1. The van der Waals surface area contributed by atoms with Crippen molar-refractivity contribution in [2.75, 3.05) is 37.7 Å². The molecule has 2 saturated heterocycles. The van der Waals surface area contributed by atoms with Gasteiger partial charge in [0.05, 0.1) is 0 Å². The number of rotatable bonds is 8. The van der Waals surface area contributed by atoms with Crippen LogP contribution >= 0.6 is 0 Å². The predicted octanol–water partition coefficient (Wildman–Crippen LogP) is 3.81. The van der Waals surface area contributed by atoms with Gasteiger partial charge in [-0.15, -0.1) is 0 Å². The van der Waals surface area contributed by atoms with Gasteiger partial charge >= 0.3 is 6.03 Å². The standard InChI is InChI=1S/C25H33N3O2/c29-20-25(13-4-8-21-6-2-1-3-7-21)14-5-16-27(19-25)18-22-9-11-23(12-10-22)28-17-15-26-24(28)30/h1-3,6-7,9-12,29H,4-5,8,13-20H2,(H,26,30). The summed E-state index contributed by atoms with van der Waals surface area (Å²) in [6, 6.07) is 19.0. The lowest BCUT2D eigenvalue weighted by Crippen LogP contribution is -2.45. The first-order valence-electron chi connectivity index (χ1n) is 11.2. The molecule has 0 bridgehead atoms. The minimum absolute atomic E-state index is 0.0120. The second kappa shape index (κ2) is 9.63. The Labute approximate surface area is 179 Å². The van der Waals surface area contributed by atoms with Crippen molar-refractivity contribution >= 4 is 11.7 Å². The van der Waals surface area contributed by atoms with E-state index < -0.39 is 0 Å². The molecule has 0 radical (unpaired) electrons. The van der Waals surface area contributed by atoms with Crippen molar-refractivity contribution in [3.8, 4) is 0 Å². The van der Waals surface area contributed by atoms with E-state index in [1.165, 1.54) is 11.1 Å². The number of piperidine rings is 1. The maximum absolute atomic E-state index is 11.8. The summed E-state index contributed by atoms with van der Waals surface area (Å²) in [6.07, 6.45) is 5.51. The van der Waals surface area contributed by atoms with Crippen molar-refractivity contribution in [3.05, 3.63) is 65.7 Å². The minimum atomic E-state index is -0.0120. The summed E-state index contributed by atoms with van der Waals surface area (Å²) in [4.78, 5) is 16.1. The highest BCUT2D eigenvalue weighted by molar-refractivity contribution is 5.93. The summed E-state index contributed by atoms with van der Waals surface area (Å²) in [7, 11) is 0. The normalized spacial score (nSPS) is 22.3. The highest BCUT2D eigenvalue weighted by Crippen LogP contribution is 2.35. The van der Waals surface area contributed by atoms with Gasteiger partial charge in [-0.3, -0.25) is 9.80 Å². The summed E-state index contributed by atoms with van der Waals surface area (Å²) < 4.78 is 0. The van der Waals surface area contributed by atoms with Crippen LogP contribution in [0.1, 0.15) is 36.8 Å². The smallest absolute Gasteiger partial charge is 0.321 e. The number of aryl methyl sites for hydroxylation is 1. The number of benzene rings is 2. The Morgan fingerprint density at radius 1 is 1.00 bits per heavy atom. The third kappa shape index (κ3) is 5.02. The number of carbonyl (C=O) groups excluding carboxylic acids is 1. The molecule has 1 unspecified atom stereocenters. The van der Waals surface area contributed by atoms with Crippen LogP contribution in [0.25, 0.3) is 0 Å². The SMILES string of the molecule is O=C1NCCN1c1ccc(CN2CCCC(CO)(CCCc3ccccc3)C2)cc1. The summed E-state index contributed by atoms with van der Waals surface area (Å²) in [5.74, 6) is 0. The molecule has 4 rings (SSSR count). The molecule has 2 amide bonds. The number of anilines is 1. The Balaban J connectivity index is 1.32. The number of aliphatic hydroxyl groups is 1. The molecule has 2 N–H and O–H groups in total. The lowest BCUT2D eigenvalue weighted by atomic mass is 9.76. The van der Waals surface area contributed by atoms with Gasteiger partial charge in [-0.05, 0) is 61.9 Å². The molecule has 0 saturated carbocycles. The lowest BCUT2D eigenvalue weighted by Gasteiger charge is -2.42. The van der Waals surface area contributed by atoms with Crippen LogP contribution in [-0.2, 0) is 13.0 Å². The van der Waals surface area contributed by atoms with Crippen molar-refractivity contribution in [1.29, 1.82) is 0 Å². The summed E-state index contributed by atoms with van der Waals surface area (Å²) >= 11 is 0. The first kappa shape index (κ1) is 20.9. The molecule has 0 spiro atoms. The third-order valence-corrected chi connectivity index (χ3v) is 6.60. The van der Waals surface area contributed by atoms with E-state index in [-0.39, 0.29) is 18.1 Å². The number of carbonyl (C=O) groups is 1. The molecule has 30 heavy (non-hydrogen) atoms. The van der Waals surface area contributed by atoms with Crippen LogP contribution in [0, 0.1) is 5.41 Å². The molecule has 5 nitrogen and oxygen atoms in total. The summed E-state index contributed by atoms with van der Waals surface area (Å²) in [6.45, 7) is 4.63. The molecule has 1 atom stereocenters. The summed E-state index contributed by atoms with van der Waals surface area (Å²) in [5.41, 5.74) is 3.61. The van der Waals surface area contributed by atoms with Gasteiger partial charge in [-0.25, -0.2) is 4.79 Å². The monoisotopic (exact) mass is 407 g/mol. The first-order chi connectivity index (χ1) is 14.7. The van der Waals surface area contributed by atoms with Crippen LogP contribution in [0.3, 0.4) is 0 Å². The molecular formula is C25H33N3O2. The molecule has 160 valence electrons. The quantitative estimate of drug-likeness (QED) is 0.700. The van der Waals surface area contributed by atoms with E-state index in [2.05, 4.69) is 52.7 Å². The van der Waals surface area contributed by atoms with E-state index >= 15 is 0 Å². The zero-order chi connectivity index (χ0) is 20.8. The predicted molar refractivity (Wildman–Crippen MR) is 121 cm³/mol. The van der Waals surface area contributed by atoms with Gasteiger partial charge in [-0.1, -0.05) is 42.5 Å². The Morgan fingerprint density at radius 2 is 1.80 bits per heavy atom. The molecular weight excluding hydrogens is 374 g/mol. The molecule has 2 heterocycles. The minimum Gasteiger partial charge on any atom is -0.396 e. The molecule has 2 aromatic carbocycles. The fraction of sp³-hybridized carbons (Fsp3) is 0.480. The average Bonchev–Trinajstić information content (AvgIpc) is 3.21. The van der Waals surface area contributed by atoms with E-state index in [0.29, 0.717) is 6.54 Å². The van der Waals surface area contributed by atoms with Crippen LogP contribution in [0.4, 0.5) is 10.5 Å². The van der Waals surface area contributed by atoms with Crippen molar-refractivity contribution in [2.24, 2.45) is 5.41 Å². The Morgan fingerprint density at radius 3 is 2.50 bits per heavy atom. The number of likely N-dealkylation sites (tertiary alicyclic amines) is 1. The highest BCUT2D eigenvalue weighted by atomic mass is 16.3. The molecule has 2 aromatic rings. The maximum Gasteiger partial charge on any atom is 0.321 e. The van der Waals surface area contributed by atoms with Crippen molar-refractivity contribution in [2.45, 2.75) is 38.6 Å². The van der Waals surface area contributed by atoms with Gasteiger partial charge < -0.3 is 10.4 Å². The van der Waals surface area contributed by atoms with Crippen molar-refractivity contribution in [3.63, 3.8) is 0 Å². The maximum atomic E-state index is 11.8. The van der Waals surface area contributed by atoms with E-state index in [0.717, 1.165) is 64.0 Å². The number of aliphatic hydroxyl groups excluding tert-OH is 1. The number of hydrogen-bond acceptors (Lipinski definition) is 3. The lowest BCUT2D eigenvalue weighted by molar-refractivity contribution is 0.0208. The fourth-order valence-electron chi connectivity index (χ4n) is 4.93. The van der Waals surface area contributed by atoms with Crippen LogP contribution < -0.4 is 10.2 Å². The molecule has 0 aliphatic carbocycles. The van der Waals surface area contributed by atoms with Crippen LogP contribution in [0.15, 0.2) is 54.6 Å². The van der Waals surface area contributed by atoms with E-state index in [1.54, 1.807) is 4.90 Å². The Hall–Kier alpha value is -2.37. The van der Waals surface area contributed by atoms with Gasteiger partial charge in [0.1, 0.15) is 0 Å². The van der Waals surface area contributed by atoms with Crippen LogP contribution in [0.2, 0.25) is 0 Å². The van der Waals surface area contributed by atoms with Gasteiger partial charge in [0.15, 0.2) is 0 Å². The zero-order valence-electron chi connectivity index (χ0n) is 17.7. The molecule has 2 fully saturated rings. The largest absolute Gasteiger partial charge is 0.396 e. The number of urea groups is 1. The van der Waals surface area contributed by atoms with Crippen LogP contribution in [0.5, 0.6) is 0 Å². The van der Waals surface area contributed by atoms with Crippen molar-refractivity contribution < 1.29 is 9.90 Å². The third-order valence-electron chi connectivity index (χ3n) is 6.60. The van der Waals surface area contributed by atoms with Gasteiger partial charge in [0, 0.05) is 43.9 Å². The van der Waals surface area contributed by atoms with Gasteiger partial charge in [0.25, 0.3) is 0 Å². The van der Waals surface area contributed by atoms with E-state index in [4.69, 9.17) is 0 Å². The van der Waals surface area contributed by atoms with Gasteiger partial charge in [0.2, 0.25) is 0 Å². The average molecular weight is 408 g/mol. The number of nitrogens with one attached hydrogen (secondary N) is 1.